The largest absolute Gasteiger partial charge is 0.497 e. The Morgan fingerprint density at radius 1 is 0.927 bits per heavy atom. The van der Waals surface area contributed by atoms with Gasteiger partial charge in [0.1, 0.15) is 18.3 Å². The Morgan fingerprint density at radius 3 is 2.02 bits per heavy atom. The van der Waals surface area contributed by atoms with E-state index >= 15 is 0 Å². The number of methoxy groups -OCH3 is 1. The van der Waals surface area contributed by atoms with Gasteiger partial charge in [0.25, 0.3) is 10.0 Å². The third-order valence-electron chi connectivity index (χ3n) is 6.25. The third-order valence-corrected chi connectivity index (χ3v) is 9.00. The maximum absolute atomic E-state index is 14.1. The normalized spacial score (nSPS) is 12.1. The van der Waals surface area contributed by atoms with Gasteiger partial charge in [0.2, 0.25) is 11.8 Å². The number of carbonyl (C=O) groups is 2. The molecule has 0 bridgehead atoms. The summed E-state index contributed by atoms with van der Waals surface area (Å²) in [6.07, 6.45) is 0.262. The van der Waals surface area contributed by atoms with E-state index in [9.17, 15) is 18.0 Å². The van der Waals surface area contributed by atoms with Gasteiger partial charge in [-0.3, -0.25) is 13.9 Å². The van der Waals surface area contributed by atoms with Gasteiger partial charge in [0.05, 0.1) is 17.7 Å². The van der Waals surface area contributed by atoms with E-state index in [0.29, 0.717) is 26.4 Å². The fourth-order valence-electron chi connectivity index (χ4n) is 4.16. The van der Waals surface area contributed by atoms with Gasteiger partial charge in [-0.05, 0) is 80.9 Å². The highest BCUT2D eigenvalue weighted by Crippen LogP contribution is 2.29. The first-order chi connectivity index (χ1) is 19.4. The molecule has 12 heteroatoms. The molecule has 41 heavy (non-hydrogen) atoms. The van der Waals surface area contributed by atoms with E-state index in [-0.39, 0.29) is 35.5 Å². The van der Waals surface area contributed by atoms with Crippen LogP contribution in [-0.4, -0.2) is 50.9 Å². The lowest BCUT2D eigenvalue weighted by atomic mass is 10.1. The number of amides is 2. The van der Waals surface area contributed by atoms with Gasteiger partial charge in [-0.2, -0.15) is 0 Å². The van der Waals surface area contributed by atoms with Crippen LogP contribution >= 0.6 is 34.8 Å². The van der Waals surface area contributed by atoms with Crippen molar-refractivity contribution in [2.75, 3.05) is 18.0 Å². The lowest BCUT2D eigenvalue weighted by molar-refractivity contribution is -0.140. The van der Waals surface area contributed by atoms with Crippen molar-refractivity contribution in [1.82, 2.24) is 10.2 Å². The number of anilines is 1. The number of hydrogen-bond acceptors (Lipinski definition) is 5. The van der Waals surface area contributed by atoms with Crippen LogP contribution in [0.4, 0.5) is 5.69 Å². The molecule has 0 saturated heterocycles. The molecule has 1 atom stereocenters. The van der Waals surface area contributed by atoms with Crippen LogP contribution < -0.4 is 14.4 Å². The molecule has 0 fully saturated rings. The Kier molecular flexibility index (Phi) is 11.3. The van der Waals surface area contributed by atoms with Crippen LogP contribution in [0.5, 0.6) is 5.75 Å². The predicted octanol–water partition coefficient (Wildman–Crippen LogP) is 6.18. The van der Waals surface area contributed by atoms with E-state index in [2.05, 4.69) is 5.32 Å². The van der Waals surface area contributed by atoms with Crippen molar-refractivity contribution in [2.24, 2.45) is 0 Å². The maximum Gasteiger partial charge on any atom is 0.264 e. The summed E-state index contributed by atoms with van der Waals surface area (Å²) >= 11 is 18.9. The van der Waals surface area contributed by atoms with Gasteiger partial charge in [-0.1, -0.05) is 47.8 Å². The summed E-state index contributed by atoms with van der Waals surface area (Å²) in [4.78, 5) is 28.6. The molecule has 3 rings (SSSR count). The molecule has 3 aromatic rings. The molecular formula is C29H32Cl3N3O5S. The minimum Gasteiger partial charge on any atom is -0.497 e. The Morgan fingerprint density at radius 2 is 1.51 bits per heavy atom. The summed E-state index contributed by atoms with van der Waals surface area (Å²) in [5.74, 6) is -0.531. The molecule has 0 saturated carbocycles. The molecule has 2 amide bonds. The first-order valence-corrected chi connectivity index (χ1v) is 15.4. The van der Waals surface area contributed by atoms with Crippen LogP contribution in [0.1, 0.15) is 32.8 Å². The summed E-state index contributed by atoms with van der Waals surface area (Å²) in [7, 11) is -2.77. The van der Waals surface area contributed by atoms with Crippen LogP contribution in [0, 0.1) is 0 Å². The SMILES string of the molecule is CC[C@@H](C(=O)NC(C)C)N(Cc1c(Cl)cccc1Cl)C(=O)CN(c1ccc(Cl)cc1)S(=O)(=O)c1ccc(OC)cc1. The van der Waals surface area contributed by atoms with Crippen LogP contribution in [0.2, 0.25) is 15.1 Å². The molecule has 1 N–H and O–H groups in total. The number of nitrogens with zero attached hydrogens (tertiary/aromatic N) is 2. The Bertz CT molecular complexity index is 1450. The standard InChI is InChI=1S/C29H32Cl3N3O5S/c1-5-27(29(37)33-19(2)3)34(17-24-25(31)7-6-8-26(24)32)28(36)18-35(21-11-9-20(30)10-12-21)41(38,39)23-15-13-22(40-4)14-16-23/h6-16,19,27H,5,17-18H2,1-4H3,(H,33,37)/t27-/m0/s1. The highest BCUT2D eigenvalue weighted by Gasteiger charge is 2.34. The summed E-state index contributed by atoms with van der Waals surface area (Å²) in [6.45, 7) is 4.67. The molecule has 0 heterocycles. The number of rotatable bonds is 12. The average molecular weight is 641 g/mol. The quantitative estimate of drug-likeness (QED) is 0.255. The molecule has 0 unspecified atom stereocenters. The number of benzene rings is 3. The zero-order chi connectivity index (χ0) is 30.3. The van der Waals surface area contributed by atoms with Gasteiger partial charge < -0.3 is 15.0 Å². The smallest absolute Gasteiger partial charge is 0.264 e. The molecule has 0 aliphatic carbocycles. The van der Waals surface area contributed by atoms with Gasteiger partial charge in [-0.25, -0.2) is 8.42 Å². The fourth-order valence-corrected chi connectivity index (χ4v) is 6.22. The van der Waals surface area contributed by atoms with Crippen molar-refractivity contribution in [3.63, 3.8) is 0 Å². The van der Waals surface area contributed by atoms with Crippen molar-refractivity contribution in [2.45, 2.75) is 50.7 Å². The van der Waals surface area contributed by atoms with E-state index in [1.165, 1.54) is 60.5 Å². The van der Waals surface area contributed by atoms with E-state index in [1.54, 1.807) is 25.1 Å². The van der Waals surface area contributed by atoms with Crippen LogP contribution in [0.25, 0.3) is 0 Å². The van der Waals surface area contributed by atoms with E-state index in [1.807, 2.05) is 13.8 Å². The number of nitrogens with one attached hydrogen (secondary N) is 1. The van der Waals surface area contributed by atoms with Crippen LogP contribution in [-0.2, 0) is 26.2 Å². The second kappa shape index (κ2) is 14.3. The zero-order valence-corrected chi connectivity index (χ0v) is 26.2. The molecule has 0 aliphatic rings. The topological polar surface area (TPSA) is 96.0 Å². The third kappa shape index (κ3) is 8.07. The second-order valence-electron chi connectivity index (χ2n) is 9.47. The van der Waals surface area contributed by atoms with E-state index < -0.39 is 28.5 Å². The molecular weight excluding hydrogens is 609 g/mol. The predicted molar refractivity (Wildman–Crippen MR) is 163 cm³/mol. The minimum absolute atomic E-state index is 0.0497. The summed E-state index contributed by atoms with van der Waals surface area (Å²) in [6, 6.07) is 15.7. The Labute approximate surface area is 256 Å². The molecule has 220 valence electrons. The summed E-state index contributed by atoms with van der Waals surface area (Å²) < 4.78 is 34.0. The highest BCUT2D eigenvalue weighted by atomic mass is 35.5. The molecule has 3 aromatic carbocycles. The zero-order valence-electron chi connectivity index (χ0n) is 23.1. The number of halogens is 3. The van der Waals surface area contributed by atoms with Crippen molar-refractivity contribution in [3.8, 4) is 5.75 Å². The Hall–Kier alpha value is -2.98. The van der Waals surface area contributed by atoms with E-state index in [4.69, 9.17) is 39.5 Å². The van der Waals surface area contributed by atoms with Crippen molar-refractivity contribution >= 4 is 62.3 Å². The van der Waals surface area contributed by atoms with Crippen molar-refractivity contribution in [3.05, 3.63) is 87.4 Å². The van der Waals surface area contributed by atoms with Gasteiger partial charge in [0.15, 0.2) is 0 Å². The summed E-state index contributed by atoms with van der Waals surface area (Å²) in [5, 5.41) is 3.87. The second-order valence-corrected chi connectivity index (χ2v) is 12.6. The van der Waals surface area contributed by atoms with Gasteiger partial charge in [0, 0.05) is 33.2 Å². The Balaban J connectivity index is 2.10. The lowest BCUT2D eigenvalue weighted by Gasteiger charge is -2.34. The first kappa shape index (κ1) is 32.5. The lowest BCUT2D eigenvalue weighted by Crippen LogP contribution is -2.53. The first-order valence-electron chi connectivity index (χ1n) is 12.8. The minimum atomic E-state index is -4.25. The number of carbonyl (C=O) groups excluding carboxylic acids is 2. The monoisotopic (exact) mass is 639 g/mol. The van der Waals surface area contributed by atoms with Crippen molar-refractivity contribution < 1.29 is 22.7 Å². The molecule has 0 aliphatic heterocycles. The van der Waals surface area contributed by atoms with Crippen LogP contribution in [0.3, 0.4) is 0 Å². The van der Waals surface area contributed by atoms with Crippen molar-refractivity contribution in [1.29, 1.82) is 0 Å². The van der Waals surface area contributed by atoms with Gasteiger partial charge in [-0.15, -0.1) is 0 Å². The maximum atomic E-state index is 14.1. The fraction of sp³-hybridized carbons (Fsp3) is 0.310. The average Bonchev–Trinajstić information content (AvgIpc) is 2.93. The van der Waals surface area contributed by atoms with Crippen LogP contribution in [0.15, 0.2) is 71.6 Å². The molecule has 0 aromatic heterocycles. The number of ether oxygens (including phenoxy) is 1. The number of hydrogen-bond donors (Lipinski definition) is 1. The molecule has 0 radical (unpaired) electrons. The van der Waals surface area contributed by atoms with E-state index in [0.717, 1.165) is 4.31 Å². The van der Waals surface area contributed by atoms with Gasteiger partial charge >= 0.3 is 0 Å². The highest BCUT2D eigenvalue weighted by molar-refractivity contribution is 7.92. The summed E-state index contributed by atoms with van der Waals surface area (Å²) in [5.41, 5.74) is 0.657. The number of sulfonamides is 1. The molecule has 0 spiro atoms. The molecule has 8 nitrogen and oxygen atoms in total.